The standard InChI is InChI=1S/C13H17NO5S/c14-11-8-20(18,19)6-5-13(11,12(16)17)7-9-1-3-10(15)4-2-9/h1-4,11,15H,5-8,14H2,(H,16,17). The number of carbonyl (C=O) groups is 1. The van der Waals surface area contributed by atoms with E-state index in [1.54, 1.807) is 12.1 Å². The molecule has 0 radical (unpaired) electrons. The van der Waals surface area contributed by atoms with Crippen LogP contribution in [0, 0.1) is 5.41 Å². The van der Waals surface area contributed by atoms with Gasteiger partial charge in [0.1, 0.15) is 5.75 Å². The van der Waals surface area contributed by atoms with Crippen LogP contribution in [0.3, 0.4) is 0 Å². The summed E-state index contributed by atoms with van der Waals surface area (Å²) in [6, 6.07) is 5.24. The molecule has 7 heteroatoms. The Morgan fingerprint density at radius 2 is 1.95 bits per heavy atom. The fourth-order valence-corrected chi connectivity index (χ4v) is 4.29. The van der Waals surface area contributed by atoms with Crippen molar-refractivity contribution in [2.75, 3.05) is 11.5 Å². The first-order valence-electron chi connectivity index (χ1n) is 6.22. The maximum atomic E-state index is 11.6. The number of carboxylic acids is 1. The van der Waals surface area contributed by atoms with E-state index >= 15 is 0 Å². The van der Waals surface area contributed by atoms with Crippen molar-refractivity contribution in [3.8, 4) is 5.75 Å². The Balaban J connectivity index is 2.31. The lowest BCUT2D eigenvalue weighted by Crippen LogP contribution is -2.56. The number of benzene rings is 1. The second-order valence-corrected chi connectivity index (χ2v) is 7.50. The molecule has 1 aromatic rings. The van der Waals surface area contributed by atoms with Gasteiger partial charge in [-0.05, 0) is 30.5 Å². The van der Waals surface area contributed by atoms with Crippen molar-refractivity contribution in [1.29, 1.82) is 0 Å². The quantitative estimate of drug-likeness (QED) is 0.731. The van der Waals surface area contributed by atoms with Crippen LogP contribution in [0.5, 0.6) is 5.75 Å². The van der Waals surface area contributed by atoms with Crippen LogP contribution >= 0.6 is 0 Å². The molecule has 0 spiro atoms. The zero-order valence-corrected chi connectivity index (χ0v) is 11.6. The van der Waals surface area contributed by atoms with Gasteiger partial charge in [-0.25, -0.2) is 8.42 Å². The molecule has 1 aliphatic rings. The smallest absolute Gasteiger partial charge is 0.311 e. The molecule has 0 saturated carbocycles. The predicted molar refractivity (Wildman–Crippen MR) is 73.1 cm³/mol. The minimum Gasteiger partial charge on any atom is -0.508 e. The summed E-state index contributed by atoms with van der Waals surface area (Å²) in [4.78, 5) is 11.6. The SMILES string of the molecule is NC1CS(=O)(=O)CCC1(Cc1ccc(O)cc1)C(=O)O. The third kappa shape index (κ3) is 2.78. The van der Waals surface area contributed by atoms with Gasteiger partial charge in [0.15, 0.2) is 9.84 Å². The van der Waals surface area contributed by atoms with Gasteiger partial charge in [-0.15, -0.1) is 0 Å². The van der Waals surface area contributed by atoms with Crippen molar-refractivity contribution in [2.24, 2.45) is 11.1 Å². The lowest BCUT2D eigenvalue weighted by Gasteiger charge is -2.38. The number of aromatic hydroxyl groups is 1. The van der Waals surface area contributed by atoms with E-state index < -0.39 is 27.3 Å². The summed E-state index contributed by atoms with van der Waals surface area (Å²) >= 11 is 0. The highest BCUT2D eigenvalue weighted by Crippen LogP contribution is 2.36. The van der Waals surface area contributed by atoms with Crippen LogP contribution in [-0.4, -0.2) is 42.1 Å². The minimum absolute atomic E-state index is 0.00666. The molecule has 20 heavy (non-hydrogen) atoms. The average molecular weight is 299 g/mol. The Bertz CT molecular complexity index is 610. The number of hydrogen-bond donors (Lipinski definition) is 3. The predicted octanol–water partition coefficient (Wildman–Crippen LogP) is 0.151. The largest absolute Gasteiger partial charge is 0.508 e. The molecule has 0 amide bonds. The highest BCUT2D eigenvalue weighted by Gasteiger charge is 2.49. The topological polar surface area (TPSA) is 118 Å². The van der Waals surface area contributed by atoms with Crippen molar-refractivity contribution < 1.29 is 23.4 Å². The van der Waals surface area contributed by atoms with E-state index in [1.165, 1.54) is 12.1 Å². The average Bonchev–Trinajstić information content (AvgIpc) is 2.34. The molecule has 1 fully saturated rings. The molecule has 110 valence electrons. The number of phenolic OH excluding ortho intramolecular Hbond substituents is 1. The molecule has 1 aromatic carbocycles. The summed E-state index contributed by atoms with van der Waals surface area (Å²) in [5.41, 5.74) is 5.29. The normalized spacial score (nSPS) is 28.9. The number of hydrogen-bond acceptors (Lipinski definition) is 5. The van der Waals surface area contributed by atoms with Crippen LogP contribution in [0.4, 0.5) is 0 Å². The lowest BCUT2D eigenvalue weighted by molar-refractivity contribution is -0.150. The van der Waals surface area contributed by atoms with Gasteiger partial charge in [-0.1, -0.05) is 12.1 Å². The Morgan fingerprint density at radius 1 is 1.35 bits per heavy atom. The number of nitrogens with two attached hydrogens (primary N) is 1. The van der Waals surface area contributed by atoms with Crippen LogP contribution in [0.2, 0.25) is 0 Å². The second-order valence-electron chi connectivity index (χ2n) is 5.28. The van der Waals surface area contributed by atoms with Crippen LogP contribution in [0.15, 0.2) is 24.3 Å². The maximum absolute atomic E-state index is 11.6. The molecular formula is C13H17NO5S. The van der Waals surface area contributed by atoms with E-state index in [9.17, 15) is 23.4 Å². The van der Waals surface area contributed by atoms with Gasteiger partial charge in [-0.2, -0.15) is 0 Å². The molecule has 2 unspecified atom stereocenters. The van der Waals surface area contributed by atoms with Gasteiger partial charge in [0.25, 0.3) is 0 Å². The second kappa shape index (κ2) is 5.06. The Labute approximate surface area is 117 Å². The molecule has 0 aromatic heterocycles. The van der Waals surface area contributed by atoms with Crippen molar-refractivity contribution >= 4 is 15.8 Å². The molecule has 4 N–H and O–H groups in total. The third-order valence-corrected chi connectivity index (χ3v) is 5.58. The summed E-state index contributed by atoms with van der Waals surface area (Å²) in [7, 11) is -3.26. The highest BCUT2D eigenvalue weighted by molar-refractivity contribution is 7.91. The van der Waals surface area contributed by atoms with E-state index in [-0.39, 0.29) is 30.1 Å². The molecule has 6 nitrogen and oxygen atoms in total. The Morgan fingerprint density at radius 3 is 2.45 bits per heavy atom. The molecule has 2 rings (SSSR count). The fourth-order valence-electron chi connectivity index (χ4n) is 2.58. The van der Waals surface area contributed by atoms with Gasteiger partial charge >= 0.3 is 5.97 Å². The van der Waals surface area contributed by atoms with E-state index in [0.717, 1.165) is 0 Å². The van der Waals surface area contributed by atoms with Gasteiger partial charge < -0.3 is 15.9 Å². The van der Waals surface area contributed by atoms with E-state index in [4.69, 9.17) is 5.73 Å². The zero-order chi connectivity index (χ0) is 15.0. The summed E-state index contributed by atoms with van der Waals surface area (Å²) in [6.07, 6.45) is 0.159. The summed E-state index contributed by atoms with van der Waals surface area (Å²) in [5, 5.41) is 18.8. The number of rotatable bonds is 3. The number of carboxylic acid groups (broad SMARTS) is 1. The zero-order valence-electron chi connectivity index (χ0n) is 10.8. The summed E-state index contributed by atoms with van der Waals surface area (Å²) in [5.74, 6) is -1.45. The van der Waals surface area contributed by atoms with Crippen LogP contribution in [-0.2, 0) is 21.1 Å². The van der Waals surface area contributed by atoms with Gasteiger partial charge in [-0.3, -0.25) is 4.79 Å². The summed E-state index contributed by atoms with van der Waals surface area (Å²) in [6.45, 7) is 0. The van der Waals surface area contributed by atoms with Crippen LogP contribution in [0.1, 0.15) is 12.0 Å². The molecule has 1 saturated heterocycles. The van der Waals surface area contributed by atoms with E-state index in [2.05, 4.69) is 0 Å². The highest BCUT2D eigenvalue weighted by atomic mass is 32.2. The molecule has 2 atom stereocenters. The minimum atomic E-state index is -3.26. The molecule has 1 aliphatic heterocycles. The Kier molecular flexibility index (Phi) is 3.75. The van der Waals surface area contributed by atoms with E-state index in [1.807, 2.05) is 0 Å². The summed E-state index contributed by atoms with van der Waals surface area (Å²) < 4.78 is 23.1. The first-order valence-corrected chi connectivity index (χ1v) is 8.05. The van der Waals surface area contributed by atoms with Crippen LogP contribution in [0.25, 0.3) is 0 Å². The Hall–Kier alpha value is -1.60. The van der Waals surface area contributed by atoms with Gasteiger partial charge in [0.05, 0.1) is 16.9 Å². The molecule has 0 aliphatic carbocycles. The fraction of sp³-hybridized carbons (Fsp3) is 0.462. The first kappa shape index (κ1) is 14.8. The van der Waals surface area contributed by atoms with Crippen molar-refractivity contribution in [3.05, 3.63) is 29.8 Å². The van der Waals surface area contributed by atoms with Crippen molar-refractivity contribution in [2.45, 2.75) is 18.9 Å². The van der Waals surface area contributed by atoms with Crippen molar-refractivity contribution in [3.63, 3.8) is 0 Å². The van der Waals surface area contributed by atoms with E-state index in [0.29, 0.717) is 5.56 Å². The monoisotopic (exact) mass is 299 g/mol. The molecule has 1 heterocycles. The maximum Gasteiger partial charge on any atom is 0.311 e. The van der Waals surface area contributed by atoms with Gasteiger partial charge in [0.2, 0.25) is 0 Å². The lowest BCUT2D eigenvalue weighted by atomic mass is 9.73. The third-order valence-electron chi connectivity index (χ3n) is 3.88. The van der Waals surface area contributed by atoms with Crippen molar-refractivity contribution in [1.82, 2.24) is 0 Å². The number of aliphatic carboxylic acids is 1. The van der Waals surface area contributed by atoms with Gasteiger partial charge in [0, 0.05) is 6.04 Å². The molecular weight excluding hydrogens is 282 g/mol. The number of sulfone groups is 1. The van der Waals surface area contributed by atoms with Crippen LogP contribution < -0.4 is 5.73 Å². The molecule has 0 bridgehead atoms. The first-order chi connectivity index (χ1) is 9.25. The number of phenols is 1.